The van der Waals surface area contributed by atoms with Gasteiger partial charge >= 0.3 is 0 Å². The molecule has 0 atom stereocenters. The Morgan fingerprint density at radius 2 is 1.86 bits per heavy atom. The summed E-state index contributed by atoms with van der Waals surface area (Å²) < 4.78 is 3.73. The van der Waals surface area contributed by atoms with Gasteiger partial charge in [-0.25, -0.2) is 11.7 Å². The Hall–Kier alpha value is -1.22. The van der Waals surface area contributed by atoms with E-state index in [4.69, 9.17) is 23.3 Å². The lowest BCUT2D eigenvalue weighted by Crippen LogP contribution is -2.35. The molecule has 0 aliphatic carbocycles. The van der Waals surface area contributed by atoms with Gasteiger partial charge in [-0.05, 0) is 11.5 Å². The van der Waals surface area contributed by atoms with Crippen molar-refractivity contribution in [1.29, 1.82) is 0 Å². The van der Waals surface area contributed by atoms with Crippen LogP contribution in [0.15, 0.2) is 0 Å². The highest BCUT2D eigenvalue weighted by molar-refractivity contribution is 7.11. The molecular weight excluding hydrogens is 230 g/mol. The van der Waals surface area contributed by atoms with E-state index >= 15 is 0 Å². The number of carbonyl (C=O) groups excluding carboxylic acids is 2. The molecule has 0 aliphatic rings. The Bertz CT molecular complexity index is 378. The quantitative estimate of drug-likeness (QED) is 0.298. The van der Waals surface area contributed by atoms with Gasteiger partial charge in [-0.3, -0.25) is 20.4 Å². The van der Waals surface area contributed by atoms with E-state index in [2.05, 4.69) is 4.37 Å². The first kappa shape index (κ1) is 10.9. The van der Waals surface area contributed by atoms with Crippen LogP contribution >= 0.6 is 23.1 Å². The normalized spacial score (nSPS) is 9.64. The van der Waals surface area contributed by atoms with Crippen LogP contribution in [0.4, 0.5) is 0 Å². The van der Waals surface area contributed by atoms with E-state index in [0.29, 0.717) is 0 Å². The van der Waals surface area contributed by atoms with Crippen molar-refractivity contribution < 1.29 is 9.59 Å². The van der Waals surface area contributed by atoms with Crippen molar-refractivity contribution in [3.8, 4) is 0 Å². The lowest BCUT2D eigenvalue weighted by Gasteiger charge is -1.99. The largest absolute Gasteiger partial charge is 0.290 e. The van der Waals surface area contributed by atoms with Gasteiger partial charge in [-0.2, -0.15) is 4.37 Å². The first-order valence-corrected chi connectivity index (χ1v) is 4.44. The molecule has 1 rings (SSSR count). The van der Waals surface area contributed by atoms with E-state index in [1.165, 1.54) is 0 Å². The molecule has 1 aromatic heterocycles. The second kappa shape index (κ2) is 4.33. The summed E-state index contributed by atoms with van der Waals surface area (Å²) in [5.74, 6) is 8.39. The van der Waals surface area contributed by atoms with Gasteiger partial charge in [0, 0.05) is 0 Å². The summed E-state index contributed by atoms with van der Waals surface area (Å²) in [6.07, 6.45) is 0. The molecule has 0 spiro atoms. The number of carbonyl (C=O) groups is 2. The molecule has 0 fully saturated rings. The van der Waals surface area contributed by atoms with Gasteiger partial charge in [0.1, 0.15) is 9.90 Å². The van der Waals surface area contributed by atoms with Crippen LogP contribution in [0.1, 0.15) is 20.8 Å². The summed E-state index contributed by atoms with van der Waals surface area (Å²) in [5.41, 5.74) is 3.46. The van der Waals surface area contributed by atoms with E-state index in [9.17, 15) is 9.59 Å². The highest BCUT2D eigenvalue weighted by atomic mass is 35.5. The molecular formula is C5H6ClN5O2S. The van der Waals surface area contributed by atoms with Gasteiger partial charge in [-0.15, -0.1) is 0 Å². The Morgan fingerprint density at radius 1 is 1.29 bits per heavy atom. The first-order valence-electron chi connectivity index (χ1n) is 3.28. The number of nitrogens with one attached hydrogen (secondary N) is 2. The molecule has 0 unspecified atom stereocenters. The summed E-state index contributed by atoms with van der Waals surface area (Å²) >= 11 is 6.44. The fraction of sp³-hybridized carbons (Fsp3) is 0. The molecule has 6 N–H and O–H groups in total. The summed E-state index contributed by atoms with van der Waals surface area (Å²) in [4.78, 5) is 22.3. The minimum absolute atomic E-state index is 0.0755. The van der Waals surface area contributed by atoms with Crippen molar-refractivity contribution in [2.75, 3.05) is 0 Å². The molecule has 2 amide bonds. The average Bonchev–Trinajstić information content (AvgIpc) is 2.58. The summed E-state index contributed by atoms with van der Waals surface area (Å²) in [5, 5.41) is 0. The zero-order chi connectivity index (χ0) is 10.7. The van der Waals surface area contributed by atoms with Crippen LogP contribution in [0.5, 0.6) is 0 Å². The Balaban J connectivity index is 3.19. The monoisotopic (exact) mass is 235 g/mol. The lowest BCUT2D eigenvalue weighted by atomic mass is 10.2. The molecule has 14 heavy (non-hydrogen) atoms. The Kier molecular flexibility index (Phi) is 3.36. The summed E-state index contributed by atoms with van der Waals surface area (Å²) in [6.45, 7) is 0. The van der Waals surface area contributed by atoms with Crippen LogP contribution in [0.2, 0.25) is 4.34 Å². The molecule has 0 saturated carbocycles. The third-order valence-corrected chi connectivity index (χ3v) is 2.39. The Morgan fingerprint density at radius 3 is 2.36 bits per heavy atom. The number of hydrazine groups is 2. The van der Waals surface area contributed by atoms with E-state index in [1.54, 1.807) is 0 Å². The average molecular weight is 236 g/mol. The van der Waals surface area contributed by atoms with Crippen molar-refractivity contribution in [3.05, 3.63) is 15.6 Å². The molecule has 1 aromatic rings. The third-order valence-electron chi connectivity index (χ3n) is 1.35. The molecule has 0 radical (unpaired) electrons. The zero-order valence-electron chi connectivity index (χ0n) is 6.70. The number of halogens is 1. The van der Waals surface area contributed by atoms with Crippen LogP contribution in [0.3, 0.4) is 0 Å². The number of amides is 2. The highest BCUT2D eigenvalue weighted by Gasteiger charge is 2.23. The van der Waals surface area contributed by atoms with Crippen LogP contribution in [0.25, 0.3) is 0 Å². The Labute approximate surface area is 87.5 Å². The fourth-order valence-electron chi connectivity index (χ4n) is 0.762. The van der Waals surface area contributed by atoms with E-state index in [0.717, 1.165) is 11.5 Å². The number of rotatable bonds is 2. The van der Waals surface area contributed by atoms with Crippen molar-refractivity contribution in [2.24, 2.45) is 11.7 Å². The third kappa shape index (κ3) is 1.82. The van der Waals surface area contributed by atoms with Gasteiger partial charge in [0.25, 0.3) is 11.8 Å². The minimum atomic E-state index is -0.702. The standard InChI is InChI=1S/C5H6ClN5O2S/c6-3-1(4(12)9-7)2(11-14-3)5(13)10-8/h7-8H2,(H,9,12)(H,10,13). The number of nitrogens with two attached hydrogens (primary N) is 2. The number of hydrogen-bond donors (Lipinski definition) is 4. The maximum atomic E-state index is 11.2. The number of aromatic nitrogens is 1. The van der Waals surface area contributed by atoms with E-state index in [1.807, 2.05) is 10.9 Å². The summed E-state index contributed by atoms with van der Waals surface area (Å²) in [6, 6.07) is 0. The number of nitrogens with zero attached hydrogens (tertiary/aromatic N) is 1. The maximum absolute atomic E-state index is 11.2. The zero-order valence-corrected chi connectivity index (χ0v) is 8.28. The van der Waals surface area contributed by atoms with Gasteiger partial charge in [0.05, 0.1) is 0 Å². The van der Waals surface area contributed by atoms with Gasteiger partial charge in [-0.1, -0.05) is 11.6 Å². The van der Waals surface area contributed by atoms with Crippen LogP contribution < -0.4 is 22.5 Å². The SMILES string of the molecule is NNC(=O)c1nsc(Cl)c1C(=O)NN. The van der Waals surface area contributed by atoms with Crippen molar-refractivity contribution >= 4 is 34.9 Å². The maximum Gasteiger partial charge on any atom is 0.285 e. The smallest absolute Gasteiger partial charge is 0.285 e. The van der Waals surface area contributed by atoms with Gasteiger partial charge in [0.15, 0.2) is 5.69 Å². The molecule has 0 aromatic carbocycles. The van der Waals surface area contributed by atoms with E-state index in [-0.39, 0.29) is 15.6 Å². The molecule has 9 heteroatoms. The van der Waals surface area contributed by atoms with Gasteiger partial charge in [0.2, 0.25) is 0 Å². The number of nitrogen functional groups attached to an aromatic ring is 2. The number of hydrogen-bond acceptors (Lipinski definition) is 6. The highest BCUT2D eigenvalue weighted by Crippen LogP contribution is 2.24. The van der Waals surface area contributed by atoms with Crippen LogP contribution in [-0.2, 0) is 0 Å². The topological polar surface area (TPSA) is 123 Å². The van der Waals surface area contributed by atoms with E-state index < -0.39 is 11.8 Å². The second-order valence-corrected chi connectivity index (χ2v) is 3.50. The van der Waals surface area contributed by atoms with Crippen molar-refractivity contribution in [1.82, 2.24) is 15.2 Å². The molecule has 0 bridgehead atoms. The predicted octanol–water partition coefficient (Wildman–Crippen LogP) is -0.997. The molecule has 0 aliphatic heterocycles. The predicted molar refractivity (Wildman–Crippen MR) is 50.4 cm³/mol. The molecule has 7 nitrogen and oxygen atoms in total. The minimum Gasteiger partial charge on any atom is -0.290 e. The fourth-order valence-corrected chi connectivity index (χ4v) is 1.67. The summed E-state index contributed by atoms with van der Waals surface area (Å²) in [7, 11) is 0. The molecule has 76 valence electrons. The second-order valence-electron chi connectivity index (χ2n) is 2.13. The van der Waals surface area contributed by atoms with Crippen molar-refractivity contribution in [3.63, 3.8) is 0 Å². The lowest BCUT2D eigenvalue weighted by molar-refractivity contribution is 0.0917. The molecule has 0 saturated heterocycles. The van der Waals surface area contributed by atoms with Crippen LogP contribution in [0, 0.1) is 0 Å². The van der Waals surface area contributed by atoms with Crippen LogP contribution in [-0.4, -0.2) is 16.2 Å². The first-order chi connectivity index (χ1) is 6.61. The molecule has 1 heterocycles. The van der Waals surface area contributed by atoms with Gasteiger partial charge < -0.3 is 0 Å². The van der Waals surface area contributed by atoms with Crippen molar-refractivity contribution in [2.45, 2.75) is 0 Å².